The fourth-order valence-corrected chi connectivity index (χ4v) is 6.62. The van der Waals surface area contributed by atoms with Gasteiger partial charge in [-0.3, -0.25) is 4.79 Å². The van der Waals surface area contributed by atoms with Gasteiger partial charge in [0.2, 0.25) is 10.0 Å². The second kappa shape index (κ2) is 4.89. The van der Waals surface area contributed by atoms with Crippen LogP contribution in [0.2, 0.25) is 0 Å². The Kier molecular flexibility index (Phi) is 3.54. The summed E-state index contributed by atoms with van der Waals surface area (Å²) in [7, 11) is -3.45. The first kappa shape index (κ1) is 15.2. The lowest BCUT2D eigenvalue weighted by molar-refractivity contribution is -0.128. The summed E-state index contributed by atoms with van der Waals surface area (Å²) in [5.74, 6) is 0.427. The van der Waals surface area contributed by atoms with Crippen LogP contribution in [-0.2, 0) is 21.4 Å². The quantitative estimate of drug-likeness (QED) is 0.904. The zero-order valence-electron chi connectivity index (χ0n) is 12.4. The Bertz CT molecular complexity index is 648. The highest BCUT2D eigenvalue weighted by atomic mass is 32.2. The molecule has 6 heteroatoms. The Labute approximate surface area is 130 Å². The van der Waals surface area contributed by atoms with E-state index in [0.29, 0.717) is 25.3 Å². The number of sulfonamides is 1. The highest BCUT2D eigenvalue weighted by Gasteiger charge is 2.65. The molecule has 2 saturated carbocycles. The summed E-state index contributed by atoms with van der Waals surface area (Å²) in [6.45, 7) is 4.43. The first-order valence-corrected chi connectivity index (χ1v) is 9.83. The second-order valence-corrected chi connectivity index (χ2v) is 9.67. The van der Waals surface area contributed by atoms with Gasteiger partial charge in [-0.25, -0.2) is 13.1 Å². The van der Waals surface area contributed by atoms with E-state index in [9.17, 15) is 13.2 Å². The van der Waals surface area contributed by atoms with E-state index < -0.39 is 15.4 Å². The molecule has 1 heterocycles. The molecule has 21 heavy (non-hydrogen) atoms. The van der Waals surface area contributed by atoms with Crippen molar-refractivity contribution < 1.29 is 13.2 Å². The van der Waals surface area contributed by atoms with Crippen molar-refractivity contribution in [2.75, 3.05) is 5.75 Å². The van der Waals surface area contributed by atoms with E-state index in [-0.39, 0.29) is 17.0 Å². The molecule has 2 fully saturated rings. The lowest BCUT2D eigenvalue weighted by Gasteiger charge is -2.36. The van der Waals surface area contributed by atoms with Crippen molar-refractivity contribution in [2.45, 2.75) is 39.7 Å². The SMILES string of the molecule is CC1(C)C2CCC1(CS(=O)(=O)NCc1cccs1)C(=O)C2. The lowest BCUT2D eigenvalue weighted by Crippen LogP contribution is -2.45. The summed E-state index contributed by atoms with van der Waals surface area (Å²) >= 11 is 1.53. The Hall–Kier alpha value is -0.720. The van der Waals surface area contributed by atoms with Crippen molar-refractivity contribution >= 4 is 27.1 Å². The van der Waals surface area contributed by atoms with E-state index >= 15 is 0 Å². The molecule has 0 spiro atoms. The van der Waals surface area contributed by atoms with Gasteiger partial charge in [-0.15, -0.1) is 11.3 Å². The fourth-order valence-electron chi connectivity index (χ4n) is 4.08. The van der Waals surface area contributed by atoms with Crippen LogP contribution in [0.1, 0.15) is 38.0 Å². The van der Waals surface area contributed by atoms with Crippen molar-refractivity contribution in [3.05, 3.63) is 22.4 Å². The molecule has 0 amide bonds. The van der Waals surface area contributed by atoms with Gasteiger partial charge < -0.3 is 0 Å². The predicted octanol–water partition coefficient (Wildman–Crippen LogP) is 2.56. The third kappa shape index (κ3) is 2.37. The molecule has 1 aromatic rings. The molecular weight excluding hydrogens is 306 g/mol. The molecular formula is C15H21NO3S2. The minimum atomic E-state index is -3.45. The number of rotatable bonds is 5. The molecule has 2 aliphatic rings. The molecule has 1 aromatic heterocycles. The van der Waals surface area contributed by atoms with Gasteiger partial charge >= 0.3 is 0 Å². The number of ketones is 1. The predicted molar refractivity (Wildman–Crippen MR) is 83.5 cm³/mol. The van der Waals surface area contributed by atoms with E-state index in [2.05, 4.69) is 18.6 Å². The molecule has 4 nitrogen and oxygen atoms in total. The van der Waals surface area contributed by atoms with Gasteiger partial charge in [0.1, 0.15) is 5.78 Å². The summed E-state index contributed by atoms with van der Waals surface area (Å²) in [6, 6.07) is 3.81. The molecule has 2 bridgehead atoms. The van der Waals surface area contributed by atoms with Crippen LogP contribution in [0, 0.1) is 16.7 Å². The number of hydrogen-bond donors (Lipinski definition) is 1. The van der Waals surface area contributed by atoms with Crippen LogP contribution in [0.4, 0.5) is 0 Å². The highest BCUT2D eigenvalue weighted by Crippen LogP contribution is 2.64. The van der Waals surface area contributed by atoms with Crippen molar-refractivity contribution in [3.63, 3.8) is 0 Å². The maximum Gasteiger partial charge on any atom is 0.212 e. The Morgan fingerprint density at radius 1 is 1.43 bits per heavy atom. The van der Waals surface area contributed by atoms with Crippen LogP contribution in [-0.4, -0.2) is 20.0 Å². The summed E-state index contributed by atoms with van der Waals surface area (Å²) < 4.78 is 27.5. The lowest BCUT2D eigenvalue weighted by atomic mass is 9.70. The number of Topliss-reactive ketones (excluding diaryl/α,β-unsaturated/α-hetero) is 1. The van der Waals surface area contributed by atoms with E-state index in [0.717, 1.165) is 11.3 Å². The number of carbonyl (C=O) groups is 1. The van der Waals surface area contributed by atoms with Gasteiger partial charge in [0.25, 0.3) is 0 Å². The summed E-state index contributed by atoms with van der Waals surface area (Å²) in [5.41, 5.74) is -0.888. The van der Waals surface area contributed by atoms with E-state index in [1.165, 1.54) is 11.3 Å². The summed E-state index contributed by atoms with van der Waals surface area (Å²) in [4.78, 5) is 13.4. The summed E-state index contributed by atoms with van der Waals surface area (Å²) in [5, 5.41) is 1.92. The van der Waals surface area contributed by atoms with Crippen LogP contribution in [0.25, 0.3) is 0 Å². The monoisotopic (exact) mass is 327 g/mol. The van der Waals surface area contributed by atoms with Crippen molar-refractivity contribution in [2.24, 2.45) is 16.7 Å². The fraction of sp³-hybridized carbons (Fsp3) is 0.667. The molecule has 1 N–H and O–H groups in total. The van der Waals surface area contributed by atoms with Gasteiger partial charge in [0.15, 0.2) is 0 Å². The Balaban J connectivity index is 1.77. The zero-order chi connectivity index (χ0) is 15.3. The third-order valence-electron chi connectivity index (χ3n) is 5.62. The number of hydrogen-bond acceptors (Lipinski definition) is 4. The maximum atomic E-state index is 12.4. The maximum absolute atomic E-state index is 12.4. The average molecular weight is 327 g/mol. The Morgan fingerprint density at radius 2 is 2.19 bits per heavy atom. The largest absolute Gasteiger partial charge is 0.299 e. The van der Waals surface area contributed by atoms with Crippen LogP contribution < -0.4 is 4.72 Å². The molecule has 2 aliphatic carbocycles. The van der Waals surface area contributed by atoms with Gasteiger partial charge in [-0.2, -0.15) is 0 Å². The number of fused-ring (bicyclic) bond motifs is 2. The van der Waals surface area contributed by atoms with Crippen LogP contribution in [0.15, 0.2) is 17.5 Å². The van der Waals surface area contributed by atoms with Crippen molar-refractivity contribution in [1.82, 2.24) is 4.72 Å². The second-order valence-electron chi connectivity index (χ2n) is 6.83. The normalized spacial score (nSPS) is 31.0. The van der Waals surface area contributed by atoms with Crippen molar-refractivity contribution in [1.29, 1.82) is 0 Å². The number of nitrogens with one attached hydrogen (secondary N) is 1. The first-order chi connectivity index (χ1) is 9.77. The number of thiophene rings is 1. The average Bonchev–Trinajstić information content (AvgIpc) is 3.02. The van der Waals surface area contributed by atoms with Crippen LogP contribution >= 0.6 is 11.3 Å². The van der Waals surface area contributed by atoms with Gasteiger partial charge in [0.05, 0.1) is 5.75 Å². The van der Waals surface area contributed by atoms with Gasteiger partial charge in [0, 0.05) is 23.3 Å². The van der Waals surface area contributed by atoms with E-state index in [4.69, 9.17) is 0 Å². The molecule has 2 unspecified atom stereocenters. The van der Waals surface area contributed by atoms with Crippen LogP contribution in [0.3, 0.4) is 0 Å². The van der Waals surface area contributed by atoms with Crippen LogP contribution in [0.5, 0.6) is 0 Å². The van der Waals surface area contributed by atoms with Gasteiger partial charge in [-0.05, 0) is 35.6 Å². The van der Waals surface area contributed by atoms with Gasteiger partial charge in [-0.1, -0.05) is 19.9 Å². The minimum absolute atomic E-state index is 0.0618. The minimum Gasteiger partial charge on any atom is -0.299 e. The molecule has 0 radical (unpaired) electrons. The number of carbonyl (C=O) groups excluding carboxylic acids is 1. The third-order valence-corrected chi connectivity index (χ3v) is 7.96. The molecule has 0 saturated heterocycles. The molecule has 116 valence electrons. The first-order valence-electron chi connectivity index (χ1n) is 7.30. The summed E-state index contributed by atoms with van der Waals surface area (Å²) in [6.07, 6.45) is 2.23. The molecule has 2 atom stereocenters. The van der Waals surface area contributed by atoms with E-state index in [1.54, 1.807) is 0 Å². The van der Waals surface area contributed by atoms with E-state index in [1.807, 2.05) is 17.5 Å². The smallest absolute Gasteiger partial charge is 0.212 e. The topological polar surface area (TPSA) is 63.2 Å². The Morgan fingerprint density at radius 3 is 2.71 bits per heavy atom. The molecule has 3 rings (SSSR count). The zero-order valence-corrected chi connectivity index (χ0v) is 14.0. The molecule has 0 aliphatic heterocycles. The van der Waals surface area contributed by atoms with Crippen molar-refractivity contribution in [3.8, 4) is 0 Å². The highest BCUT2D eigenvalue weighted by molar-refractivity contribution is 7.89. The standard InChI is InChI=1S/C15H21NO3S2/c1-14(2)11-5-6-15(14,13(17)8-11)10-21(18,19)16-9-12-4-3-7-20-12/h3-4,7,11,16H,5-6,8-10H2,1-2H3. The molecule has 0 aromatic carbocycles.